The zero-order valence-corrected chi connectivity index (χ0v) is 15.6. The van der Waals surface area contributed by atoms with Gasteiger partial charge >= 0.3 is 14.2 Å². The Morgan fingerprint density at radius 2 is 1.31 bits per heavy atom. The molecule has 0 fully saturated rings. The van der Waals surface area contributed by atoms with Gasteiger partial charge in [0.15, 0.2) is 5.11 Å². The molecule has 0 spiro atoms. The van der Waals surface area contributed by atoms with Crippen LogP contribution in [0.15, 0.2) is 24.3 Å². The summed E-state index contributed by atoms with van der Waals surface area (Å²) >= 11 is 18.0. The maximum Gasteiger partial charge on any atom is 0.493 e. The van der Waals surface area contributed by atoms with Crippen molar-refractivity contribution in [2.45, 2.75) is 13.2 Å². The van der Waals surface area contributed by atoms with Crippen LogP contribution in [0.2, 0.25) is 10.0 Å². The van der Waals surface area contributed by atoms with Crippen LogP contribution in [0.3, 0.4) is 0 Å². The lowest BCUT2D eigenvalue weighted by Gasteiger charge is -2.15. The fourth-order valence-electron chi connectivity index (χ4n) is 3.02. The van der Waals surface area contributed by atoms with E-state index in [1.54, 1.807) is 12.1 Å². The highest BCUT2D eigenvalue weighted by Gasteiger charge is 2.32. The van der Waals surface area contributed by atoms with E-state index < -0.39 is 14.2 Å². The smallest absolute Gasteiger partial charge is 0.423 e. The van der Waals surface area contributed by atoms with Gasteiger partial charge in [-0.15, -0.1) is 0 Å². The zero-order chi connectivity index (χ0) is 18.4. The van der Waals surface area contributed by atoms with Gasteiger partial charge in [-0.3, -0.25) is 0 Å². The number of nitrogens with one attached hydrogen (secondary N) is 2. The first-order valence-corrected chi connectivity index (χ1v) is 8.92. The van der Waals surface area contributed by atoms with Gasteiger partial charge in [0, 0.05) is 10.9 Å². The van der Waals surface area contributed by atoms with Crippen LogP contribution in [0.4, 0.5) is 11.4 Å². The van der Waals surface area contributed by atoms with Crippen molar-refractivity contribution >= 4 is 77.1 Å². The second kappa shape index (κ2) is 7.01. The van der Waals surface area contributed by atoms with Gasteiger partial charge in [-0.1, -0.05) is 35.3 Å². The molecule has 0 saturated carbocycles. The van der Waals surface area contributed by atoms with Gasteiger partial charge in [-0.25, -0.2) is 0 Å². The highest BCUT2D eigenvalue weighted by atomic mass is 35.5. The fourth-order valence-corrected chi connectivity index (χ4v) is 3.89. The van der Waals surface area contributed by atoms with Gasteiger partial charge in [-0.05, 0) is 35.5 Å². The number of thiocarbonyl (C=S) groups is 1. The number of benzene rings is 2. The van der Waals surface area contributed by atoms with Gasteiger partial charge in [-0.2, -0.15) is 0 Å². The summed E-state index contributed by atoms with van der Waals surface area (Å²) in [7, 11) is -2.10. The molecule has 0 aromatic heterocycles. The number of hydrogen-bond donors (Lipinski definition) is 4. The lowest BCUT2D eigenvalue weighted by molar-refractivity contribution is 0.275. The molecule has 0 saturated heterocycles. The van der Waals surface area contributed by atoms with E-state index in [-0.39, 0.29) is 5.11 Å². The van der Waals surface area contributed by atoms with Gasteiger partial charge in [0.05, 0.1) is 34.6 Å². The van der Waals surface area contributed by atoms with Crippen molar-refractivity contribution in [1.82, 2.24) is 0 Å². The van der Waals surface area contributed by atoms with E-state index in [1.807, 2.05) is 12.1 Å². The van der Waals surface area contributed by atoms with Gasteiger partial charge in [0.25, 0.3) is 0 Å². The Labute approximate surface area is 165 Å². The van der Waals surface area contributed by atoms with E-state index in [0.29, 0.717) is 45.6 Å². The van der Waals surface area contributed by atoms with Gasteiger partial charge in [0.1, 0.15) is 0 Å². The topological polar surface area (TPSA) is 83.0 Å². The molecule has 2 aromatic rings. The molecule has 2 aromatic carbocycles. The van der Waals surface area contributed by atoms with E-state index >= 15 is 0 Å². The summed E-state index contributed by atoms with van der Waals surface area (Å²) in [5.74, 6) is 0. The maximum atomic E-state index is 9.87. The van der Waals surface area contributed by atoms with E-state index in [1.165, 1.54) is 0 Å². The summed E-state index contributed by atoms with van der Waals surface area (Å²) in [6, 6.07) is 7.16. The monoisotopic (exact) mass is 408 g/mol. The molecule has 0 unspecified atom stereocenters. The predicted molar refractivity (Wildman–Crippen MR) is 108 cm³/mol. The molecule has 4 rings (SSSR count). The van der Waals surface area contributed by atoms with Crippen LogP contribution in [0.1, 0.15) is 11.1 Å². The van der Waals surface area contributed by atoms with Crippen molar-refractivity contribution in [1.29, 1.82) is 0 Å². The molecule has 132 valence electrons. The molecular weight excluding hydrogens is 397 g/mol. The van der Waals surface area contributed by atoms with Crippen LogP contribution in [0.25, 0.3) is 0 Å². The third-order valence-corrected chi connectivity index (χ3v) is 5.34. The van der Waals surface area contributed by atoms with Crippen molar-refractivity contribution in [2.24, 2.45) is 0 Å². The summed E-state index contributed by atoms with van der Waals surface area (Å²) in [5.41, 5.74) is 3.82. The third-order valence-electron chi connectivity index (χ3n) is 4.32. The highest BCUT2D eigenvalue weighted by Crippen LogP contribution is 2.27. The molecule has 2 heterocycles. The summed E-state index contributed by atoms with van der Waals surface area (Å²) in [4.78, 5) is 0. The second-order valence-electron chi connectivity index (χ2n) is 5.91. The summed E-state index contributed by atoms with van der Waals surface area (Å²) in [6.07, 6.45) is 0. The highest BCUT2D eigenvalue weighted by molar-refractivity contribution is 7.80. The van der Waals surface area contributed by atoms with Gasteiger partial charge in [0.2, 0.25) is 0 Å². The molecule has 4 N–H and O–H groups in total. The maximum absolute atomic E-state index is 9.87. The molecule has 0 amide bonds. The summed E-state index contributed by atoms with van der Waals surface area (Å²) in [5, 5.41) is 26.7. The fraction of sp³-hybridized carbons (Fsp3) is 0.133. The SMILES string of the molecule is OB1OCc2ccc(NC(=S)Nc3ccc4c(c3Cl)B(O)OC4)c(Cl)c21. The largest absolute Gasteiger partial charge is 0.493 e. The first kappa shape index (κ1) is 18.1. The van der Waals surface area contributed by atoms with Crippen molar-refractivity contribution in [3.05, 3.63) is 45.4 Å². The molecule has 2 aliphatic heterocycles. The van der Waals surface area contributed by atoms with Crippen LogP contribution in [0, 0.1) is 0 Å². The second-order valence-corrected chi connectivity index (χ2v) is 7.07. The number of fused-ring (bicyclic) bond motifs is 2. The van der Waals surface area contributed by atoms with Crippen LogP contribution in [-0.4, -0.2) is 29.4 Å². The van der Waals surface area contributed by atoms with Crippen LogP contribution in [-0.2, 0) is 22.5 Å². The Morgan fingerprint density at radius 3 is 1.73 bits per heavy atom. The van der Waals surface area contributed by atoms with Gasteiger partial charge < -0.3 is 30.0 Å². The van der Waals surface area contributed by atoms with E-state index in [2.05, 4.69) is 10.6 Å². The van der Waals surface area contributed by atoms with Crippen molar-refractivity contribution in [3.63, 3.8) is 0 Å². The minimum Gasteiger partial charge on any atom is -0.423 e. The normalized spacial score (nSPS) is 15.1. The lowest BCUT2D eigenvalue weighted by Crippen LogP contribution is -2.31. The average Bonchev–Trinajstić information content (AvgIpc) is 3.17. The molecule has 0 radical (unpaired) electrons. The predicted octanol–water partition coefficient (Wildman–Crippen LogP) is 1.24. The molecule has 26 heavy (non-hydrogen) atoms. The van der Waals surface area contributed by atoms with Crippen LogP contribution < -0.4 is 21.6 Å². The van der Waals surface area contributed by atoms with E-state index in [4.69, 9.17) is 44.7 Å². The average molecular weight is 409 g/mol. The van der Waals surface area contributed by atoms with E-state index in [9.17, 15) is 10.0 Å². The quantitative estimate of drug-likeness (QED) is 0.439. The number of hydrogen-bond acceptors (Lipinski definition) is 5. The lowest BCUT2D eigenvalue weighted by atomic mass is 9.79. The molecule has 0 aliphatic carbocycles. The summed E-state index contributed by atoms with van der Waals surface area (Å²) in [6.45, 7) is 0.628. The molecular formula is C15H12B2Cl2N2O4S. The van der Waals surface area contributed by atoms with Crippen LogP contribution >= 0.6 is 35.4 Å². The molecule has 11 heteroatoms. The Kier molecular flexibility index (Phi) is 4.87. The molecule has 0 atom stereocenters. The summed E-state index contributed by atoms with van der Waals surface area (Å²) < 4.78 is 10.3. The first-order valence-electron chi connectivity index (χ1n) is 7.75. The minimum atomic E-state index is -1.05. The molecule has 0 bridgehead atoms. The number of anilines is 2. The Balaban J connectivity index is 1.54. The Bertz CT molecular complexity index is 846. The van der Waals surface area contributed by atoms with Crippen molar-refractivity contribution in [2.75, 3.05) is 10.6 Å². The van der Waals surface area contributed by atoms with E-state index in [0.717, 1.165) is 11.1 Å². The third kappa shape index (κ3) is 3.10. The number of rotatable bonds is 2. The van der Waals surface area contributed by atoms with Crippen molar-refractivity contribution < 1.29 is 19.4 Å². The minimum absolute atomic E-state index is 0.260. The standard InChI is InChI=1S/C15H12B2Cl2N2O4S/c18-13-9(3-1-7-5-24-16(22)11(7)13)20-15(26)21-10-4-2-8-6-25-17(23)12(8)14(10)19/h1-4,22-23H,5-6H2,(H2,20,21,26). The van der Waals surface area contributed by atoms with Crippen molar-refractivity contribution in [3.8, 4) is 0 Å². The number of halogens is 2. The molecule has 2 aliphatic rings. The Morgan fingerprint density at radius 1 is 0.885 bits per heavy atom. The zero-order valence-electron chi connectivity index (χ0n) is 13.3. The molecule has 6 nitrogen and oxygen atoms in total. The van der Waals surface area contributed by atoms with Crippen LogP contribution in [0.5, 0.6) is 0 Å². The Hall–Kier alpha value is -1.32. The first-order chi connectivity index (χ1) is 12.5.